The van der Waals surface area contributed by atoms with Crippen molar-refractivity contribution in [1.82, 2.24) is 4.90 Å². The number of fused-ring (bicyclic) bond motifs is 1. The molecular weight excluding hydrogens is 478 g/mol. The zero-order valence-electron chi connectivity index (χ0n) is 19.4. The number of hydrogen-bond donors (Lipinski definition) is 3. The third-order valence-electron chi connectivity index (χ3n) is 6.16. The van der Waals surface area contributed by atoms with Crippen LogP contribution in [0.4, 0.5) is 0 Å². The minimum Gasteiger partial charge on any atom is -0.508 e. The van der Waals surface area contributed by atoms with Gasteiger partial charge in [-0.1, -0.05) is 18.2 Å². The Morgan fingerprint density at radius 3 is 2.34 bits per heavy atom. The number of β-amino-alcohol motifs (C(OH)–C–C–N with tert-alkyl or cyclic N) is 1. The monoisotopic (exact) mass is 507 g/mol. The van der Waals surface area contributed by atoms with E-state index in [0.717, 1.165) is 49.2 Å². The number of aromatic hydroxyl groups is 2. The molecule has 0 saturated carbocycles. The van der Waals surface area contributed by atoms with Crippen LogP contribution in [-0.4, -0.2) is 52.6 Å². The van der Waals surface area contributed by atoms with Gasteiger partial charge < -0.3 is 25.0 Å². The summed E-state index contributed by atoms with van der Waals surface area (Å²) in [6.45, 7) is 3.07. The smallest absolute Gasteiger partial charge is 0.119 e. The van der Waals surface area contributed by atoms with Crippen LogP contribution in [0.1, 0.15) is 19.3 Å². The van der Waals surface area contributed by atoms with Gasteiger partial charge in [0, 0.05) is 31.3 Å². The van der Waals surface area contributed by atoms with E-state index in [1.54, 1.807) is 47.4 Å². The van der Waals surface area contributed by atoms with E-state index in [-0.39, 0.29) is 18.1 Å². The molecule has 1 aromatic heterocycles. The molecule has 1 atom stereocenters. The number of benzene rings is 3. The highest BCUT2D eigenvalue weighted by atomic mass is 32.2. The van der Waals surface area contributed by atoms with Crippen molar-refractivity contribution in [3.8, 4) is 27.7 Å². The number of phenolic OH excluding ortho intramolecular Hbond substituents is 2. The molecule has 3 aromatic carbocycles. The number of piperidine rings is 1. The molecule has 4 aromatic rings. The van der Waals surface area contributed by atoms with Crippen LogP contribution in [0.2, 0.25) is 0 Å². The number of nitrogens with zero attached hydrogens (tertiary/aromatic N) is 1. The standard InChI is InChI=1S/C28H29NO4S2/c30-20-6-4-19(5-7-20)27-28(25-13-8-21(31)16-26(25)35-27)34-24-11-9-23(10-12-24)33-18-22(32)17-29-14-2-1-3-15-29/h4-13,16,22,30-32H,1-3,14-15,17-18H2. The van der Waals surface area contributed by atoms with Gasteiger partial charge in [0.1, 0.15) is 30.0 Å². The fourth-order valence-electron chi connectivity index (χ4n) is 4.37. The van der Waals surface area contributed by atoms with Crippen molar-refractivity contribution in [2.75, 3.05) is 26.2 Å². The van der Waals surface area contributed by atoms with Gasteiger partial charge >= 0.3 is 0 Å². The summed E-state index contributed by atoms with van der Waals surface area (Å²) >= 11 is 3.29. The quantitative estimate of drug-likeness (QED) is 0.258. The number of ether oxygens (including phenoxy) is 1. The van der Waals surface area contributed by atoms with Gasteiger partial charge in [-0.25, -0.2) is 0 Å². The predicted octanol–water partition coefficient (Wildman–Crippen LogP) is 6.36. The molecule has 3 N–H and O–H groups in total. The van der Waals surface area contributed by atoms with Gasteiger partial charge in [-0.3, -0.25) is 0 Å². The van der Waals surface area contributed by atoms with Gasteiger partial charge in [0.15, 0.2) is 0 Å². The molecule has 7 heteroatoms. The highest BCUT2D eigenvalue weighted by Crippen LogP contribution is 2.47. The summed E-state index contributed by atoms with van der Waals surface area (Å²) in [6, 6.07) is 20.6. The van der Waals surface area contributed by atoms with Gasteiger partial charge in [0.25, 0.3) is 0 Å². The summed E-state index contributed by atoms with van der Waals surface area (Å²) < 4.78 is 6.86. The van der Waals surface area contributed by atoms with Crippen molar-refractivity contribution < 1.29 is 20.1 Å². The van der Waals surface area contributed by atoms with Gasteiger partial charge in [0.2, 0.25) is 0 Å². The number of aliphatic hydroxyl groups is 1. The molecule has 182 valence electrons. The average molecular weight is 508 g/mol. The molecule has 5 nitrogen and oxygen atoms in total. The number of phenols is 2. The number of thiophene rings is 1. The number of likely N-dealkylation sites (tertiary alicyclic amines) is 1. The largest absolute Gasteiger partial charge is 0.508 e. The van der Waals surface area contributed by atoms with E-state index in [9.17, 15) is 15.3 Å². The third kappa shape index (κ3) is 5.93. The van der Waals surface area contributed by atoms with Crippen molar-refractivity contribution in [3.05, 3.63) is 66.7 Å². The van der Waals surface area contributed by atoms with Crippen LogP contribution in [0.25, 0.3) is 20.5 Å². The Morgan fingerprint density at radius 2 is 1.60 bits per heavy atom. The highest BCUT2D eigenvalue weighted by molar-refractivity contribution is 8.00. The minimum atomic E-state index is -0.497. The van der Waals surface area contributed by atoms with Gasteiger partial charge in [0.05, 0.1) is 0 Å². The molecule has 0 aliphatic carbocycles. The fourth-order valence-corrected chi connectivity index (χ4v) is 6.83. The first-order valence-corrected chi connectivity index (χ1v) is 13.5. The van der Waals surface area contributed by atoms with E-state index in [0.29, 0.717) is 6.54 Å². The topological polar surface area (TPSA) is 73.2 Å². The molecule has 0 radical (unpaired) electrons. The lowest BCUT2D eigenvalue weighted by Crippen LogP contribution is -2.38. The van der Waals surface area contributed by atoms with Crippen molar-refractivity contribution >= 4 is 33.2 Å². The van der Waals surface area contributed by atoms with Crippen molar-refractivity contribution in [2.24, 2.45) is 0 Å². The first kappa shape index (κ1) is 24.0. The molecule has 0 spiro atoms. The fraction of sp³-hybridized carbons (Fsp3) is 0.286. The highest BCUT2D eigenvalue weighted by Gasteiger charge is 2.17. The summed E-state index contributed by atoms with van der Waals surface area (Å²) in [6.07, 6.45) is 3.21. The minimum absolute atomic E-state index is 0.235. The summed E-state index contributed by atoms with van der Waals surface area (Å²) in [5, 5.41) is 31.1. The van der Waals surface area contributed by atoms with Crippen molar-refractivity contribution in [3.63, 3.8) is 0 Å². The van der Waals surface area contributed by atoms with E-state index >= 15 is 0 Å². The number of rotatable bonds is 8. The summed E-state index contributed by atoms with van der Waals surface area (Å²) in [5.74, 6) is 1.22. The Labute approximate surface area is 213 Å². The maximum atomic E-state index is 10.4. The van der Waals surface area contributed by atoms with E-state index in [1.165, 1.54) is 19.3 Å². The molecule has 0 bridgehead atoms. The van der Waals surface area contributed by atoms with Gasteiger partial charge in [-0.15, -0.1) is 11.3 Å². The Balaban J connectivity index is 1.30. The van der Waals surface area contributed by atoms with E-state index in [2.05, 4.69) is 4.90 Å². The van der Waals surface area contributed by atoms with E-state index < -0.39 is 6.10 Å². The molecule has 1 unspecified atom stereocenters. The number of aliphatic hydroxyl groups excluding tert-OH is 1. The third-order valence-corrected chi connectivity index (χ3v) is 8.63. The summed E-state index contributed by atoms with van der Waals surface area (Å²) in [7, 11) is 0. The first-order chi connectivity index (χ1) is 17.0. The second kappa shape index (κ2) is 10.9. The van der Waals surface area contributed by atoms with E-state index in [1.807, 2.05) is 42.5 Å². The number of hydrogen-bond acceptors (Lipinski definition) is 7. The SMILES string of the molecule is Oc1ccc(-c2sc3cc(O)ccc3c2Sc2ccc(OCC(O)CN3CCCCC3)cc2)cc1. The second-order valence-corrected chi connectivity index (χ2v) is 11.0. The van der Waals surface area contributed by atoms with Crippen LogP contribution in [0.5, 0.6) is 17.2 Å². The lowest BCUT2D eigenvalue weighted by molar-refractivity contribution is 0.0617. The van der Waals surface area contributed by atoms with Gasteiger partial charge in [-0.05, 0) is 98.2 Å². The molecule has 1 aliphatic heterocycles. The second-order valence-electron chi connectivity index (χ2n) is 8.89. The molecule has 0 amide bonds. The predicted molar refractivity (Wildman–Crippen MR) is 143 cm³/mol. The normalized spacial score (nSPS) is 15.3. The molecular formula is C28H29NO4S2. The van der Waals surface area contributed by atoms with Crippen molar-refractivity contribution in [2.45, 2.75) is 35.2 Å². The lowest BCUT2D eigenvalue weighted by Gasteiger charge is -2.28. The summed E-state index contributed by atoms with van der Waals surface area (Å²) in [4.78, 5) is 5.59. The zero-order valence-corrected chi connectivity index (χ0v) is 21.0. The Kier molecular flexibility index (Phi) is 7.48. The molecule has 1 fully saturated rings. The molecule has 1 aliphatic rings. The van der Waals surface area contributed by atoms with Crippen LogP contribution >= 0.6 is 23.1 Å². The Morgan fingerprint density at radius 1 is 0.886 bits per heavy atom. The van der Waals surface area contributed by atoms with Crippen LogP contribution in [0.15, 0.2) is 76.5 Å². The molecule has 1 saturated heterocycles. The summed E-state index contributed by atoms with van der Waals surface area (Å²) in [5.41, 5.74) is 1.02. The maximum absolute atomic E-state index is 10.4. The van der Waals surface area contributed by atoms with Crippen LogP contribution in [0.3, 0.4) is 0 Å². The van der Waals surface area contributed by atoms with Crippen molar-refractivity contribution in [1.29, 1.82) is 0 Å². The maximum Gasteiger partial charge on any atom is 0.119 e. The average Bonchev–Trinajstić information content (AvgIpc) is 3.22. The molecule has 2 heterocycles. The van der Waals surface area contributed by atoms with Crippen LogP contribution in [0, 0.1) is 0 Å². The Hall–Kier alpha value is -2.71. The van der Waals surface area contributed by atoms with Gasteiger partial charge in [-0.2, -0.15) is 0 Å². The zero-order chi connectivity index (χ0) is 24.2. The van der Waals surface area contributed by atoms with Crippen LogP contribution in [-0.2, 0) is 0 Å². The van der Waals surface area contributed by atoms with E-state index in [4.69, 9.17) is 4.74 Å². The molecule has 5 rings (SSSR count). The lowest BCUT2D eigenvalue weighted by atomic mass is 10.1. The van der Waals surface area contributed by atoms with Crippen LogP contribution < -0.4 is 4.74 Å². The first-order valence-electron chi connectivity index (χ1n) is 11.9. The molecule has 35 heavy (non-hydrogen) atoms. The Bertz CT molecular complexity index is 1260.